The number of rotatable bonds is 6. The Bertz CT molecular complexity index is 1470. The van der Waals surface area contributed by atoms with Gasteiger partial charge < -0.3 is 14.6 Å². The molecule has 0 aliphatic rings. The molecule has 3 aromatic carbocycles. The summed E-state index contributed by atoms with van der Waals surface area (Å²) in [6.45, 7) is 2.98. The summed E-state index contributed by atoms with van der Waals surface area (Å²) in [5.74, 6) is -0.0982. The van der Waals surface area contributed by atoms with E-state index in [1.165, 1.54) is 36.9 Å². The van der Waals surface area contributed by atoms with E-state index in [1.807, 2.05) is 18.2 Å². The van der Waals surface area contributed by atoms with Crippen LogP contribution in [0.1, 0.15) is 12.5 Å². The van der Waals surface area contributed by atoms with Gasteiger partial charge in [0.05, 0.1) is 17.7 Å². The lowest BCUT2D eigenvalue weighted by atomic mass is 10.1. The minimum absolute atomic E-state index is 0.115. The number of aromatic nitrogens is 1. The number of hydrogen-bond acceptors (Lipinski definition) is 4. The summed E-state index contributed by atoms with van der Waals surface area (Å²) >= 11 is 0. The van der Waals surface area contributed by atoms with E-state index in [0.29, 0.717) is 5.75 Å². The molecule has 1 heterocycles. The van der Waals surface area contributed by atoms with Crippen LogP contribution < -0.4 is 15.2 Å². The Morgan fingerprint density at radius 1 is 1.06 bits per heavy atom. The van der Waals surface area contributed by atoms with Crippen molar-refractivity contribution in [3.63, 3.8) is 0 Å². The molecule has 164 valence electrons. The van der Waals surface area contributed by atoms with Gasteiger partial charge in [-0.05, 0) is 55.0 Å². The van der Waals surface area contributed by atoms with Crippen LogP contribution in [-0.2, 0) is 21.4 Å². The Morgan fingerprint density at radius 3 is 2.53 bits per heavy atom. The molecule has 1 aromatic heterocycles. The number of nitrogens with zero attached hydrogens (tertiary/aromatic N) is 1. The summed E-state index contributed by atoms with van der Waals surface area (Å²) < 4.78 is 30.7. The molecule has 8 heteroatoms. The zero-order valence-corrected chi connectivity index (χ0v) is 18.5. The molecule has 4 rings (SSSR count). The van der Waals surface area contributed by atoms with Gasteiger partial charge in [0, 0.05) is 34.4 Å². The Kier molecular flexibility index (Phi) is 5.73. The summed E-state index contributed by atoms with van der Waals surface area (Å²) in [4.78, 5) is 12.4. The van der Waals surface area contributed by atoms with Crippen LogP contribution in [0.15, 0.2) is 71.6 Å². The fourth-order valence-corrected chi connectivity index (χ4v) is 4.36. The molecular formula is C24H23N3O4S. The largest absolute Gasteiger partial charge is 0.495 e. The second-order valence-corrected chi connectivity index (χ2v) is 8.83. The number of fused-ring (bicyclic) bond motifs is 3. The van der Waals surface area contributed by atoms with E-state index in [0.717, 1.165) is 28.4 Å². The number of methoxy groups -OCH3 is 1. The number of sulfonamides is 1. The lowest BCUT2D eigenvalue weighted by Gasteiger charge is -2.10. The molecule has 0 aliphatic heterocycles. The zero-order chi connectivity index (χ0) is 22.9. The highest BCUT2D eigenvalue weighted by molar-refractivity contribution is 7.89. The number of amides is 1. The van der Waals surface area contributed by atoms with E-state index >= 15 is 0 Å². The molecule has 0 radical (unpaired) electrons. The van der Waals surface area contributed by atoms with Crippen LogP contribution >= 0.6 is 0 Å². The van der Waals surface area contributed by atoms with E-state index < -0.39 is 15.9 Å². The lowest BCUT2D eigenvalue weighted by Crippen LogP contribution is -2.14. The SMILES string of the molecule is CCn1c2ccccc2c2cc(/C=C/C(=O)Nc3cc(S(N)(=O)=O)ccc3OC)ccc21. The molecule has 0 atom stereocenters. The Hall–Kier alpha value is -3.62. The van der Waals surface area contributed by atoms with Crippen molar-refractivity contribution in [3.05, 3.63) is 72.3 Å². The molecule has 3 N–H and O–H groups in total. The van der Waals surface area contributed by atoms with E-state index in [-0.39, 0.29) is 10.6 Å². The van der Waals surface area contributed by atoms with Gasteiger partial charge in [-0.1, -0.05) is 24.3 Å². The summed E-state index contributed by atoms with van der Waals surface area (Å²) in [5, 5.41) is 10.1. The maximum absolute atomic E-state index is 12.5. The Labute approximate surface area is 186 Å². The maximum Gasteiger partial charge on any atom is 0.248 e. The highest BCUT2D eigenvalue weighted by Gasteiger charge is 2.13. The molecule has 0 spiro atoms. The smallest absolute Gasteiger partial charge is 0.248 e. The van der Waals surface area contributed by atoms with Crippen molar-refractivity contribution in [1.29, 1.82) is 0 Å². The fraction of sp³-hybridized carbons (Fsp3) is 0.125. The Balaban J connectivity index is 1.62. The predicted molar refractivity (Wildman–Crippen MR) is 127 cm³/mol. The monoisotopic (exact) mass is 449 g/mol. The normalized spacial score (nSPS) is 12.0. The third-order valence-corrected chi connectivity index (χ3v) is 6.21. The standard InChI is InChI=1S/C24H23N3O4S/c1-3-27-21-7-5-4-6-18(21)19-14-16(8-11-22(19)27)9-13-24(28)26-20-15-17(32(25,29)30)10-12-23(20)31-2/h4-15H,3H2,1-2H3,(H,26,28)(H2,25,29,30)/b13-9+. The first-order valence-corrected chi connectivity index (χ1v) is 11.6. The van der Waals surface area contributed by atoms with Gasteiger partial charge >= 0.3 is 0 Å². The molecule has 1 amide bonds. The highest BCUT2D eigenvalue weighted by atomic mass is 32.2. The number of primary sulfonamides is 1. The van der Waals surface area contributed by atoms with Crippen molar-refractivity contribution >= 4 is 49.5 Å². The first-order chi connectivity index (χ1) is 15.3. The van der Waals surface area contributed by atoms with E-state index in [2.05, 4.69) is 41.1 Å². The molecule has 0 fully saturated rings. The van der Waals surface area contributed by atoms with Gasteiger partial charge in [-0.25, -0.2) is 13.6 Å². The second-order valence-electron chi connectivity index (χ2n) is 7.27. The van der Waals surface area contributed by atoms with Gasteiger partial charge in [0.2, 0.25) is 15.9 Å². The molecule has 0 saturated heterocycles. The molecule has 0 aliphatic carbocycles. The van der Waals surface area contributed by atoms with E-state index in [4.69, 9.17) is 9.88 Å². The van der Waals surface area contributed by atoms with E-state index in [9.17, 15) is 13.2 Å². The van der Waals surface area contributed by atoms with Crippen LogP contribution in [0, 0.1) is 0 Å². The number of carbonyl (C=O) groups excluding carboxylic acids is 1. The highest BCUT2D eigenvalue weighted by Crippen LogP contribution is 2.30. The first kappa shape index (κ1) is 21.6. The number of benzene rings is 3. The van der Waals surface area contributed by atoms with Gasteiger partial charge in [0.1, 0.15) is 5.75 Å². The lowest BCUT2D eigenvalue weighted by molar-refractivity contribution is -0.111. The van der Waals surface area contributed by atoms with E-state index in [1.54, 1.807) is 6.08 Å². The van der Waals surface area contributed by atoms with Crippen LogP contribution in [0.5, 0.6) is 5.75 Å². The van der Waals surface area contributed by atoms with Crippen molar-refractivity contribution in [3.8, 4) is 5.75 Å². The minimum Gasteiger partial charge on any atom is -0.495 e. The van der Waals surface area contributed by atoms with Gasteiger partial charge in [-0.3, -0.25) is 4.79 Å². The van der Waals surface area contributed by atoms with Crippen molar-refractivity contribution in [1.82, 2.24) is 4.57 Å². The predicted octanol–water partition coefficient (Wildman–Crippen LogP) is 4.12. The molecule has 4 aromatic rings. The molecule has 0 bridgehead atoms. The van der Waals surface area contributed by atoms with Crippen LogP contribution in [0.2, 0.25) is 0 Å². The Morgan fingerprint density at radius 2 is 1.81 bits per heavy atom. The van der Waals surface area contributed by atoms with Gasteiger partial charge in [-0.15, -0.1) is 0 Å². The molecule has 0 saturated carbocycles. The summed E-state index contributed by atoms with van der Waals surface area (Å²) in [6.07, 6.45) is 3.10. The van der Waals surface area contributed by atoms with Crippen LogP contribution in [0.4, 0.5) is 5.69 Å². The molecule has 7 nitrogen and oxygen atoms in total. The number of nitrogens with two attached hydrogens (primary N) is 1. The van der Waals surface area contributed by atoms with Crippen LogP contribution in [0.25, 0.3) is 27.9 Å². The number of carbonyl (C=O) groups is 1. The quantitative estimate of drug-likeness (QED) is 0.432. The number of hydrogen-bond donors (Lipinski definition) is 2. The number of anilines is 1. The molecule has 32 heavy (non-hydrogen) atoms. The summed E-state index contributed by atoms with van der Waals surface area (Å²) in [7, 11) is -2.48. The van der Waals surface area contributed by atoms with Crippen LogP contribution in [0.3, 0.4) is 0 Å². The number of ether oxygens (including phenoxy) is 1. The maximum atomic E-state index is 12.5. The van der Waals surface area contributed by atoms with Gasteiger partial charge in [0.25, 0.3) is 0 Å². The third kappa shape index (κ3) is 4.10. The van der Waals surface area contributed by atoms with Crippen molar-refractivity contribution in [2.45, 2.75) is 18.4 Å². The van der Waals surface area contributed by atoms with Crippen molar-refractivity contribution in [2.24, 2.45) is 5.14 Å². The summed E-state index contributed by atoms with van der Waals surface area (Å²) in [6, 6.07) is 18.3. The zero-order valence-electron chi connectivity index (χ0n) is 17.7. The fourth-order valence-electron chi connectivity index (χ4n) is 3.82. The molecular weight excluding hydrogens is 426 g/mol. The number of aryl methyl sites for hydroxylation is 1. The molecule has 0 unspecified atom stereocenters. The number of nitrogens with one attached hydrogen (secondary N) is 1. The minimum atomic E-state index is -3.91. The second kappa shape index (κ2) is 8.49. The van der Waals surface area contributed by atoms with Crippen LogP contribution in [-0.4, -0.2) is 26.0 Å². The van der Waals surface area contributed by atoms with Crippen molar-refractivity contribution in [2.75, 3.05) is 12.4 Å². The third-order valence-electron chi connectivity index (χ3n) is 5.30. The van der Waals surface area contributed by atoms with Crippen molar-refractivity contribution < 1.29 is 17.9 Å². The summed E-state index contributed by atoms with van der Waals surface area (Å²) in [5.41, 5.74) is 3.40. The average Bonchev–Trinajstić information content (AvgIpc) is 3.10. The number of para-hydroxylation sites is 1. The van der Waals surface area contributed by atoms with Gasteiger partial charge in [-0.2, -0.15) is 0 Å². The topological polar surface area (TPSA) is 103 Å². The first-order valence-electron chi connectivity index (χ1n) is 10.0. The van der Waals surface area contributed by atoms with Gasteiger partial charge in [0.15, 0.2) is 0 Å². The average molecular weight is 450 g/mol.